The van der Waals surface area contributed by atoms with Gasteiger partial charge in [-0.3, -0.25) is 4.79 Å². The van der Waals surface area contributed by atoms with E-state index in [0.29, 0.717) is 12.6 Å². The van der Waals surface area contributed by atoms with Crippen LogP contribution in [0.3, 0.4) is 0 Å². The number of piperidine rings is 1. The van der Waals surface area contributed by atoms with Crippen molar-refractivity contribution < 1.29 is 50.9 Å². The average molecular weight is 517 g/mol. The van der Waals surface area contributed by atoms with E-state index in [1.165, 1.54) is 25.9 Å². The summed E-state index contributed by atoms with van der Waals surface area (Å²) in [6, 6.07) is 8.30. The normalized spacial score (nSPS) is 14.6. The molecule has 200 valence electrons. The van der Waals surface area contributed by atoms with Crippen molar-refractivity contribution in [2.75, 3.05) is 32.7 Å². The van der Waals surface area contributed by atoms with Crippen LogP contribution in [0.2, 0.25) is 0 Å². The number of halogens is 6. The zero-order valence-corrected chi connectivity index (χ0v) is 19.2. The number of carbonyl (C=O) groups is 3. The van der Waals surface area contributed by atoms with Gasteiger partial charge in [0.15, 0.2) is 0 Å². The molecule has 1 heterocycles. The second-order valence-corrected chi connectivity index (χ2v) is 7.34. The van der Waals surface area contributed by atoms with Gasteiger partial charge >= 0.3 is 24.3 Å². The highest BCUT2D eigenvalue weighted by atomic mass is 19.4. The lowest BCUT2D eigenvalue weighted by Crippen LogP contribution is -2.44. The van der Waals surface area contributed by atoms with Crippen molar-refractivity contribution in [1.29, 1.82) is 0 Å². The highest BCUT2D eigenvalue weighted by Gasteiger charge is 2.38. The van der Waals surface area contributed by atoms with Crippen LogP contribution in [0, 0.1) is 6.92 Å². The number of likely N-dealkylation sites (tertiary alicyclic amines) is 1. The molecule has 0 unspecified atom stereocenters. The highest BCUT2D eigenvalue weighted by molar-refractivity contribution is 5.95. The SMILES string of the molecule is CCN1CCC(NCCNC(=O)c2ccccc2C)CC1.O=C(O)C(F)(F)F.O=C(O)C(F)(F)F. The number of hydrogen-bond donors (Lipinski definition) is 4. The first-order valence-electron chi connectivity index (χ1n) is 10.5. The minimum Gasteiger partial charge on any atom is -0.475 e. The van der Waals surface area contributed by atoms with Crippen molar-refractivity contribution >= 4 is 17.8 Å². The summed E-state index contributed by atoms with van der Waals surface area (Å²) in [7, 11) is 0. The molecule has 1 aliphatic rings. The van der Waals surface area contributed by atoms with Gasteiger partial charge in [-0.2, -0.15) is 26.3 Å². The summed E-state index contributed by atoms with van der Waals surface area (Å²) >= 11 is 0. The van der Waals surface area contributed by atoms with Crippen LogP contribution < -0.4 is 10.6 Å². The minimum atomic E-state index is -5.08. The molecular weight excluding hydrogens is 488 g/mol. The summed E-state index contributed by atoms with van der Waals surface area (Å²) in [6.45, 7) is 9.23. The third kappa shape index (κ3) is 14.2. The molecule has 1 amide bonds. The Kier molecular flexibility index (Phi) is 13.9. The molecule has 0 atom stereocenters. The Bertz CT molecular complexity index is 785. The van der Waals surface area contributed by atoms with Gasteiger partial charge < -0.3 is 25.7 Å². The van der Waals surface area contributed by atoms with Crippen molar-refractivity contribution in [3.8, 4) is 0 Å². The second kappa shape index (κ2) is 15.2. The summed E-state index contributed by atoms with van der Waals surface area (Å²) in [5.41, 5.74) is 1.80. The number of amides is 1. The van der Waals surface area contributed by atoms with Crippen molar-refractivity contribution in [2.45, 2.75) is 45.1 Å². The molecule has 0 radical (unpaired) electrons. The van der Waals surface area contributed by atoms with Crippen molar-refractivity contribution in [2.24, 2.45) is 0 Å². The van der Waals surface area contributed by atoms with Gasteiger partial charge in [-0.15, -0.1) is 0 Å². The van der Waals surface area contributed by atoms with Gasteiger partial charge in [-0.1, -0.05) is 25.1 Å². The maximum absolute atomic E-state index is 12.1. The monoisotopic (exact) mass is 517 g/mol. The summed E-state index contributed by atoms with van der Waals surface area (Å²) in [5, 5.41) is 20.8. The number of benzene rings is 1. The van der Waals surface area contributed by atoms with Gasteiger partial charge in [0.1, 0.15) is 0 Å². The quantitative estimate of drug-likeness (QED) is 0.338. The number of nitrogens with zero attached hydrogens (tertiary/aromatic N) is 1. The Labute approximate surface area is 198 Å². The zero-order valence-electron chi connectivity index (χ0n) is 19.2. The number of carbonyl (C=O) groups excluding carboxylic acids is 1. The molecule has 35 heavy (non-hydrogen) atoms. The van der Waals surface area contributed by atoms with Gasteiger partial charge in [0.05, 0.1) is 0 Å². The van der Waals surface area contributed by atoms with E-state index in [-0.39, 0.29) is 5.91 Å². The summed E-state index contributed by atoms with van der Waals surface area (Å²) in [6.07, 6.45) is -7.75. The number of hydrogen-bond acceptors (Lipinski definition) is 5. The van der Waals surface area contributed by atoms with Crippen LogP contribution in [0.1, 0.15) is 35.7 Å². The molecule has 0 spiro atoms. The predicted molar refractivity (Wildman–Crippen MR) is 114 cm³/mol. The molecule has 2 rings (SSSR count). The molecule has 0 aromatic heterocycles. The first kappa shape index (κ1) is 32.1. The Morgan fingerprint density at radius 2 is 1.40 bits per heavy atom. The van der Waals surface area contributed by atoms with E-state index >= 15 is 0 Å². The third-order valence-corrected chi connectivity index (χ3v) is 4.75. The molecule has 0 bridgehead atoms. The minimum absolute atomic E-state index is 0.0238. The Morgan fingerprint density at radius 3 is 1.80 bits per heavy atom. The van der Waals surface area contributed by atoms with Gasteiger partial charge in [0, 0.05) is 24.7 Å². The van der Waals surface area contributed by atoms with E-state index in [4.69, 9.17) is 19.8 Å². The van der Waals surface area contributed by atoms with Crippen molar-refractivity contribution in [3.63, 3.8) is 0 Å². The number of rotatable bonds is 6. The summed E-state index contributed by atoms with van der Waals surface area (Å²) < 4.78 is 63.5. The number of carboxylic acids is 2. The molecule has 1 aliphatic heterocycles. The van der Waals surface area contributed by atoms with Crippen LogP contribution in [-0.4, -0.2) is 84.1 Å². The zero-order chi connectivity index (χ0) is 27.2. The highest BCUT2D eigenvalue weighted by Crippen LogP contribution is 2.14. The average Bonchev–Trinajstić information content (AvgIpc) is 2.77. The van der Waals surface area contributed by atoms with Crippen LogP contribution in [0.25, 0.3) is 0 Å². The van der Waals surface area contributed by atoms with Crippen molar-refractivity contribution in [3.05, 3.63) is 35.4 Å². The van der Waals surface area contributed by atoms with Crippen molar-refractivity contribution in [1.82, 2.24) is 15.5 Å². The van der Waals surface area contributed by atoms with Gasteiger partial charge in [-0.05, 0) is 51.0 Å². The summed E-state index contributed by atoms with van der Waals surface area (Å²) in [4.78, 5) is 32.3. The lowest BCUT2D eigenvalue weighted by atomic mass is 10.1. The topological polar surface area (TPSA) is 119 Å². The second-order valence-electron chi connectivity index (χ2n) is 7.34. The number of aliphatic carboxylic acids is 2. The Hall–Kier alpha value is -2.87. The fourth-order valence-corrected chi connectivity index (χ4v) is 2.83. The number of carboxylic acid groups (broad SMARTS) is 2. The smallest absolute Gasteiger partial charge is 0.475 e. The van der Waals surface area contributed by atoms with Crippen LogP contribution in [-0.2, 0) is 9.59 Å². The van der Waals surface area contributed by atoms with Gasteiger partial charge in [-0.25, -0.2) is 9.59 Å². The fourth-order valence-electron chi connectivity index (χ4n) is 2.83. The molecule has 8 nitrogen and oxygen atoms in total. The van der Waals surface area contributed by atoms with Crippen LogP contribution >= 0.6 is 0 Å². The first-order valence-corrected chi connectivity index (χ1v) is 10.5. The molecule has 1 aromatic carbocycles. The molecule has 4 N–H and O–H groups in total. The molecule has 0 saturated carbocycles. The van der Waals surface area contributed by atoms with Gasteiger partial charge in [0.25, 0.3) is 5.91 Å². The van der Waals surface area contributed by atoms with E-state index in [1.54, 1.807) is 0 Å². The van der Waals surface area contributed by atoms with Crippen LogP contribution in [0.4, 0.5) is 26.3 Å². The lowest BCUT2D eigenvalue weighted by Gasteiger charge is -2.31. The molecule has 1 saturated heterocycles. The first-order chi connectivity index (χ1) is 16.1. The van der Waals surface area contributed by atoms with Crippen LogP contribution in [0.5, 0.6) is 0 Å². The van der Waals surface area contributed by atoms with Crippen LogP contribution in [0.15, 0.2) is 24.3 Å². The maximum Gasteiger partial charge on any atom is 0.490 e. The standard InChI is InChI=1S/C17H27N3O.2C2HF3O2/c1-3-20-12-8-15(9-13-20)18-10-11-19-17(21)16-7-5-4-6-14(16)2;2*3-2(4,5)1(6)7/h4-7,15,18H,3,8-13H2,1-2H3,(H,19,21);2*(H,6,7). The maximum atomic E-state index is 12.1. The van der Waals surface area contributed by atoms with E-state index in [1.807, 2.05) is 31.2 Å². The third-order valence-electron chi connectivity index (χ3n) is 4.75. The molecule has 1 aromatic rings. The molecular formula is C21H29F6N3O5. The largest absolute Gasteiger partial charge is 0.490 e. The molecule has 1 fully saturated rings. The number of nitrogens with one attached hydrogen (secondary N) is 2. The molecule has 14 heteroatoms. The van der Waals surface area contributed by atoms with E-state index in [2.05, 4.69) is 22.5 Å². The van der Waals surface area contributed by atoms with E-state index in [0.717, 1.165) is 24.2 Å². The molecule has 0 aliphatic carbocycles. The Balaban J connectivity index is 0.000000680. The number of aryl methyl sites for hydroxylation is 1. The predicted octanol–water partition coefficient (Wildman–Crippen LogP) is 3.07. The van der Waals surface area contributed by atoms with Gasteiger partial charge in [0.2, 0.25) is 0 Å². The fraction of sp³-hybridized carbons (Fsp3) is 0.571. The number of alkyl halides is 6. The lowest BCUT2D eigenvalue weighted by molar-refractivity contribution is -0.193. The summed E-state index contributed by atoms with van der Waals surface area (Å²) in [5.74, 6) is -5.49. The Morgan fingerprint density at radius 1 is 0.943 bits per heavy atom. The van der Waals surface area contributed by atoms with E-state index in [9.17, 15) is 31.1 Å². The van der Waals surface area contributed by atoms with E-state index < -0.39 is 24.3 Å².